The van der Waals surface area contributed by atoms with E-state index in [0.717, 1.165) is 24.9 Å². The number of carbonyl (C=O) groups excluding carboxylic acids is 1. The maximum absolute atomic E-state index is 11.1. The Hall–Kier alpha value is -2.14. The van der Waals surface area contributed by atoms with Crippen molar-refractivity contribution in [3.63, 3.8) is 0 Å². The van der Waals surface area contributed by atoms with Crippen LogP contribution in [-0.4, -0.2) is 15.7 Å². The van der Waals surface area contributed by atoms with Gasteiger partial charge in [-0.15, -0.1) is 0 Å². The van der Waals surface area contributed by atoms with Crippen molar-refractivity contribution in [1.82, 2.24) is 15.1 Å². The van der Waals surface area contributed by atoms with Crippen LogP contribution in [0.25, 0.3) is 0 Å². The SMILES string of the molecule is CC(C)(C)n1ncc2c1CCC[C@H]2NCc1ccc(C(N)=O)cc1. The molecule has 0 spiro atoms. The van der Waals surface area contributed by atoms with Crippen molar-refractivity contribution in [2.24, 2.45) is 5.73 Å². The molecule has 0 saturated heterocycles. The molecule has 0 unspecified atom stereocenters. The lowest BCUT2D eigenvalue weighted by Gasteiger charge is -2.28. The van der Waals surface area contributed by atoms with Gasteiger partial charge in [-0.3, -0.25) is 9.48 Å². The standard InChI is InChI=1S/C19H26N4O/c1-19(2,3)23-17-6-4-5-16(15(17)12-22-23)21-11-13-7-9-14(10-8-13)18(20)24/h7-10,12,16,21H,4-6,11H2,1-3H3,(H2,20,24)/t16-/m1/s1. The summed E-state index contributed by atoms with van der Waals surface area (Å²) in [5.41, 5.74) is 9.67. The number of aromatic nitrogens is 2. The van der Waals surface area contributed by atoms with E-state index in [9.17, 15) is 4.79 Å². The molecule has 1 heterocycles. The second kappa shape index (κ2) is 6.40. The Balaban J connectivity index is 1.71. The number of hydrogen-bond acceptors (Lipinski definition) is 3. The van der Waals surface area contributed by atoms with Crippen LogP contribution in [0.15, 0.2) is 30.5 Å². The van der Waals surface area contributed by atoms with Crippen LogP contribution in [0.4, 0.5) is 0 Å². The minimum Gasteiger partial charge on any atom is -0.366 e. The normalized spacial score (nSPS) is 17.5. The summed E-state index contributed by atoms with van der Waals surface area (Å²) in [6, 6.07) is 7.80. The highest BCUT2D eigenvalue weighted by molar-refractivity contribution is 5.92. The molecule has 24 heavy (non-hydrogen) atoms. The van der Waals surface area contributed by atoms with E-state index >= 15 is 0 Å². The second-order valence-corrected chi connectivity index (χ2v) is 7.52. The van der Waals surface area contributed by atoms with Gasteiger partial charge in [0.2, 0.25) is 5.91 Å². The van der Waals surface area contributed by atoms with Gasteiger partial charge in [-0.05, 0) is 57.7 Å². The summed E-state index contributed by atoms with van der Waals surface area (Å²) in [6.07, 6.45) is 5.42. The molecule has 0 saturated carbocycles. The number of benzene rings is 1. The van der Waals surface area contributed by atoms with Crippen LogP contribution in [0.2, 0.25) is 0 Å². The number of nitrogens with two attached hydrogens (primary N) is 1. The fourth-order valence-electron chi connectivity index (χ4n) is 3.37. The summed E-state index contributed by atoms with van der Waals surface area (Å²) in [7, 11) is 0. The molecule has 1 amide bonds. The molecule has 0 aliphatic heterocycles. The average molecular weight is 326 g/mol. The number of rotatable bonds is 4. The summed E-state index contributed by atoms with van der Waals surface area (Å²) in [5.74, 6) is -0.388. The predicted molar refractivity (Wildman–Crippen MR) is 94.7 cm³/mol. The van der Waals surface area contributed by atoms with Crippen molar-refractivity contribution in [3.8, 4) is 0 Å². The van der Waals surface area contributed by atoms with E-state index in [4.69, 9.17) is 5.73 Å². The molecule has 128 valence electrons. The van der Waals surface area contributed by atoms with Crippen molar-refractivity contribution >= 4 is 5.91 Å². The van der Waals surface area contributed by atoms with E-state index in [1.54, 1.807) is 12.1 Å². The van der Waals surface area contributed by atoms with Crippen molar-refractivity contribution < 1.29 is 4.79 Å². The molecule has 5 nitrogen and oxygen atoms in total. The number of amides is 1. The number of primary amides is 1. The molecule has 0 radical (unpaired) electrons. The minimum atomic E-state index is -0.388. The molecule has 1 aromatic heterocycles. The molecule has 1 aliphatic rings. The van der Waals surface area contributed by atoms with Crippen LogP contribution in [0.3, 0.4) is 0 Å². The van der Waals surface area contributed by atoms with Gasteiger partial charge in [-0.25, -0.2) is 0 Å². The monoisotopic (exact) mass is 326 g/mol. The Morgan fingerprint density at radius 3 is 2.67 bits per heavy atom. The van der Waals surface area contributed by atoms with Crippen molar-refractivity contribution in [3.05, 3.63) is 52.8 Å². The highest BCUT2D eigenvalue weighted by Gasteiger charge is 2.27. The van der Waals surface area contributed by atoms with Gasteiger partial charge in [0.05, 0.1) is 11.7 Å². The summed E-state index contributed by atoms with van der Waals surface area (Å²) in [4.78, 5) is 11.1. The summed E-state index contributed by atoms with van der Waals surface area (Å²) >= 11 is 0. The number of hydrogen-bond donors (Lipinski definition) is 2. The van der Waals surface area contributed by atoms with Gasteiger partial charge in [0.1, 0.15) is 0 Å². The number of nitrogens with one attached hydrogen (secondary N) is 1. The smallest absolute Gasteiger partial charge is 0.248 e. The predicted octanol–water partition coefficient (Wildman–Crippen LogP) is 2.90. The largest absolute Gasteiger partial charge is 0.366 e. The van der Waals surface area contributed by atoms with E-state index in [1.807, 2.05) is 18.3 Å². The molecule has 2 aromatic rings. The zero-order chi connectivity index (χ0) is 17.3. The summed E-state index contributed by atoms with van der Waals surface area (Å²) < 4.78 is 2.16. The molecular weight excluding hydrogens is 300 g/mol. The third-order valence-corrected chi connectivity index (χ3v) is 4.61. The van der Waals surface area contributed by atoms with Crippen LogP contribution in [0.1, 0.15) is 66.8 Å². The van der Waals surface area contributed by atoms with Gasteiger partial charge < -0.3 is 11.1 Å². The third-order valence-electron chi connectivity index (χ3n) is 4.61. The van der Waals surface area contributed by atoms with Gasteiger partial charge in [0, 0.05) is 29.4 Å². The number of carbonyl (C=O) groups is 1. The van der Waals surface area contributed by atoms with Crippen molar-refractivity contribution in [1.29, 1.82) is 0 Å². The topological polar surface area (TPSA) is 72.9 Å². The van der Waals surface area contributed by atoms with Crippen LogP contribution in [0.5, 0.6) is 0 Å². The molecule has 5 heteroatoms. The second-order valence-electron chi connectivity index (χ2n) is 7.52. The first-order valence-electron chi connectivity index (χ1n) is 8.55. The fraction of sp³-hybridized carbons (Fsp3) is 0.474. The van der Waals surface area contributed by atoms with Gasteiger partial charge in [0.15, 0.2) is 0 Å². The van der Waals surface area contributed by atoms with Gasteiger partial charge in [-0.2, -0.15) is 5.10 Å². The molecule has 3 N–H and O–H groups in total. The molecular formula is C19H26N4O. The van der Waals surface area contributed by atoms with Gasteiger partial charge in [0.25, 0.3) is 0 Å². The number of fused-ring (bicyclic) bond motifs is 1. The van der Waals surface area contributed by atoms with Crippen molar-refractivity contribution in [2.75, 3.05) is 0 Å². The highest BCUT2D eigenvalue weighted by Crippen LogP contribution is 2.32. The van der Waals surface area contributed by atoms with E-state index in [0.29, 0.717) is 11.6 Å². The van der Waals surface area contributed by atoms with E-state index in [2.05, 4.69) is 35.9 Å². The Bertz CT molecular complexity index is 725. The zero-order valence-electron chi connectivity index (χ0n) is 14.7. The maximum Gasteiger partial charge on any atom is 0.248 e. The first-order valence-corrected chi connectivity index (χ1v) is 8.55. The van der Waals surface area contributed by atoms with E-state index in [1.165, 1.54) is 17.7 Å². The van der Waals surface area contributed by atoms with Gasteiger partial charge >= 0.3 is 0 Å². The minimum absolute atomic E-state index is 0.0140. The third kappa shape index (κ3) is 3.36. The first-order chi connectivity index (χ1) is 11.4. The van der Waals surface area contributed by atoms with E-state index < -0.39 is 0 Å². The molecule has 1 aliphatic carbocycles. The molecule has 0 bridgehead atoms. The highest BCUT2D eigenvalue weighted by atomic mass is 16.1. The van der Waals surface area contributed by atoms with Crippen LogP contribution < -0.4 is 11.1 Å². The molecule has 3 rings (SSSR count). The fourth-order valence-corrected chi connectivity index (χ4v) is 3.37. The Labute approximate surface area is 143 Å². The Morgan fingerprint density at radius 2 is 2.04 bits per heavy atom. The summed E-state index contributed by atoms with van der Waals surface area (Å²) in [6.45, 7) is 7.34. The quantitative estimate of drug-likeness (QED) is 0.907. The Morgan fingerprint density at radius 1 is 1.33 bits per heavy atom. The summed E-state index contributed by atoms with van der Waals surface area (Å²) in [5, 5.41) is 8.27. The Kier molecular flexibility index (Phi) is 4.45. The molecule has 0 fully saturated rings. The maximum atomic E-state index is 11.1. The van der Waals surface area contributed by atoms with Crippen molar-refractivity contribution in [2.45, 2.75) is 58.2 Å². The lowest BCUT2D eigenvalue weighted by atomic mass is 9.92. The van der Waals surface area contributed by atoms with Crippen LogP contribution >= 0.6 is 0 Å². The first kappa shape index (κ1) is 16.7. The van der Waals surface area contributed by atoms with E-state index in [-0.39, 0.29) is 11.4 Å². The van der Waals surface area contributed by atoms with Crippen LogP contribution in [0, 0.1) is 0 Å². The zero-order valence-corrected chi connectivity index (χ0v) is 14.7. The van der Waals surface area contributed by atoms with Crippen LogP contribution in [-0.2, 0) is 18.5 Å². The average Bonchev–Trinajstić information content (AvgIpc) is 2.98. The number of nitrogens with zero attached hydrogens (tertiary/aromatic N) is 2. The molecule has 1 atom stereocenters. The lowest BCUT2D eigenvalue weighted by molar-refractivity contribution is 0.100. The van der Waals surface area contributed by atoms with Gasteiger partial charge in [-0.1, -0.05) is 12.1 Å². The lowest BCUT2D eigenvalue weighted by Crippen LogP contribution is -2.29. The molecule has 1 aromatic carbocycles.